The summed E-state index contributed by atoms with van der Waals surface area (Å²) < 4.78 is 24.5. The summed E-state index contributed by atoms with van der Waals surface area (Å²) in [5, 5.41) is 3.57. The standard InChI is InChI=1S/C14H17F2N3OS2/c15-13(16)22-11-5-3-10(4-6-11)18-14(21)19-7-1-2-9(8-19)12(17)20/h3-6,9,13H,1-2,7-8H2,(H2,17,20)(H,18,21)/t9-/m0/s1. The Morgan fingerprint density at radius 3 is 2.68 bits per heavy atom. The molecule has 1 aliphatic heterocycles. The lowest BCUT2D eigenvalue weighted by Crippen LogP contribution is -2.45. The molecule has 0 saturated carbocycles. The third-order valence-corrected chi connectivity index (χ3v) is 4.52. The zero-order valence-corrected chi connectivity index (χ0v) is 13.4. The molecule has 1 fully saturated rings. The van der Waals surface area contributed by atoms with Gasteiger partial charge in [0.2, 0.25) is 5.91 Å². The van der Waals surface area contributed by atoms with Crippen molar-refractivity contribution in [2.75, 3.05) is 18.4 Å². The van der Waals surface area contributed by atoms with Gasteiger partial charge in [0.25, 0.3) is 5.76 Å². The van der Waals surface area contributed by atoms with Crippen molar-refractivity contribution in [3.05, 3.63) is 24.3 Å². The molecule has 22 heavy (non-hydrogen) atoms. The Morgan fingerprint density at radius 1 is 1.41 bits per heavy atom. The third kappa shape index (κ3) is 4.81. The maximum Gasteiger partial charge on any atom is 0.288 e. The summed E-state index contributed by atoms with van der Waals surface area (Å²) in [6.45, 7) is 1.29. The number of piperidine rings is 1. The number of rotatable bonds is 4. The van der Waals surface area contributed by atoms with E-state index in [1.807, 2.05) is 4.90 Å². The van der Waals surface area contributed by atoms with Gasteiger partial charge in [-0.3, -0.25) is 4.79 Å². The van der Waals surface area contributed by atoms with E-state index in [4.69, 9.17) is 18.0 Å². The average Bonchev–Trinajstić information content (AvgIpc) is 2.49. The van der Waals surface area contributed by atoms with Crippen molar-refractivity contribution in [1.29, 1.82) is 0 Å². The second kappa shape index (κ2) is 7.73. The molecule has 0 aliphatic carbocycles. The van der Waals surface area contributed by atoms with Gasteiger partial charge in [0.05, 0.1) is 5.92 Å². The number of benzene rings is 1. The fraction of sp³-hybridized carbons (Fsp3) is 0.429. The van der Waals surface area contributed by atoms with Gasteiger partial charge >= 0.3 is 0 Å². The van der Waals surface area contributed by atoms with Crippen LogP contribution in [0.1, 0.15) is 12.8 Å². The van der Waals surface area contributed by atoms with Crippen molar-refractivity contribution in [2.24, 2.45) is 11.7 Å². The van der Waals surface area contributed by atoms with Crippen molar-refractivity contribution in [1.82, 2.24) is 4.90 Å². The number of carbonyl (C=O) groups excluding carboxylic acids is 1. The number of nitrogens with zero attached hydrogens (tertiary/aromatic N) is 1. The first-order valence-corrected chi connectivity index (χ1v) is 8.14. The normalized spacial score (nSPS) is 18.3. The van der Waals surface area contributed by atoms with E-state index < -0.39 is 5.76 Å². The van der Waals surface area contributed by atoms with E-state index in [0.717, 1.165) is 25.1 Å². The van der Waals surface area contributed by atoms with Crippen LogP contribution in [-0.4, -0.2) is 34.8 Å². The minimum atomic E-state index is -2.43. The molecular weight excluding hydrogens is 328 g/mol. The molecule has 0 spiro atoms. The van der Waals surface area contributed by atoms with Crippen molar-refractivity contribution in [3.8, 4) is 0 Å². The number of hydrogen-bond donors (Lipinski definition) is 2. The smallest absolute Gasteiger partial charge is 0.288 e. The summed E-state index contributed by atoms with van der Waals surface area (Å²) in [6, 6.07) is 6.63. The van der Waals surface area contributed by atoms with Crippen LogP contribution in [0.4, 0.5) is 14.5 Å². The highest BCUT2D eigenvalue weighted by Gasteiger charge is 2.25. The van der Waals surface area contributed by atoms with Crippen LogP contribution in [0.15, 0.2) is 29.2 Å². The highest BCUT2D eigenvalue weighted by Crippen LogP contribution is 2.26. The summed E-state index contributed by atoms with van der Waals surface area (Å²) >= 11 is 5.84. The van der Waals surface area contributed by atoms with Gasteiger partial charge in [0.15, 0.2) is 5.11 Å². The van der Waals surface area contributed by atoms with Gasteiger partial charge in [-0.1, -0.05) is 11.8 Å². The van der Waals surface area contributed by atoms with Crippen molar-refractivity contribution >= 4 is 40.7 Å². The first-order chi connectivity index (χ1) is 10.5. The number of primary amides is 1. The van der Waals surface area contributed by atoms with E-state index in [-0.39, 0.29) is 11.8 Å². The van der Waals surface area contributed by atoms with Gasteiger partial charge in [-0.25, -0.2) is 0 Å². The fourth-order valence-electron chi connectivity index (χ4n) is 2.32. The molecule has 2 rings (SSSR count). The number of thioether (sulfide) groups is 1. The highest BCUT2D eigenvalue weighted by atomic mass is 32.2. The first-order valence-electron chi connectivity index (χ1n) is 6.86. The highest BCUT2D eigenvalue weighted by molar-refractivity contribution is 7.99. The van der Waals surface area contributed by atoms with Crippen LogP contribution in [0.25, 0.3) is 0 Å². The van der Waals surface area contributed by atoms with E-state index in [1.165, 1.54) is 0 Å². The lowest BCUT2D eigenvalue weighted by atomic mass is 9.98. The maximum atomic E-state index is 12.3. The Kier molecular flexibility index (Phi) is 5.96. The molecule has 0 unspecified atom stereocenters. The second-order valence-electron chi connectivity index (χ2n) is 5.02. The Balaban J connectivity index is 1.92. The zero-order valence-electron chi connectivity index (χ0n) is 11.8. The summed E-state index contributed by atoms with van der Waals surface area (Å²) in [4.78, 5) is 13.7. The van der Waals surface area contributed by atoms with Crippen molar-refractivity contribution < 1.29 is 13.6 Å². The lowest BCUT2D eigenvalue weighted by molar-refractivity contribution is -0.122. The number of carbonyl (C=O) groups is 1. The number of likely N-dealkylation sites (tertiary alicyclic amines) is 1. The third-order valence-electron chi connectivity index (χ3n) is 3.44. The number of anilines is 1. The predicted molar refractivity (Wildman–Crippen MR) is 88.0 cm³/mol. The van der Waals surface area contributed by atoms with E-state index in [0.29, 0.717) is 28.3 Å². The quantitative estimate of drug-likeness (QED) is 0.649. The van der Waals surface area contributed by atoms with Gasteiger partial charge < -0.3 is 16.0 Å². The lowest BCUT2D eigenvalue weighted by Gasteiger charge is -2.33. The van der Waals surface area contributed by atoms with Crippen molar-refractivity contribution in [2.45, 2.75) is 23.5 Å². The minimum absolute atomic E-state index is 0.182. The first kappa shape index (κ1) is 17.0. The molecule has 1 atom stereocenters. The number of nitrogens with one attached hydrogen (secondary N) is 1. The molecule has 1 aliphatic rings. The monoisotopic (exact) mass is 345 g/mol. The molecule has 1 amide bonds. The number of thiocarbonyl (C=S) groups is 1. The molecular formula is C14H17F2N3OS2. The van der Waals surface area contributed by atoms with Crippen LogP contribution in [0.3, 0.4) is 0 Å². The van der Waals surface area contributed by atoms with Gasteiger partial charge in [-0.05, 0) is 49.3 Å². The Hall–Kier alpha value is -1.41. The summed E-state index contributed by atoms with van der Waals surface area (Å²) in [7, 11) is 0. The van der Waals surface area contributed by atoms with Crippen LogP contribution in [-0.2, 0) is 4.79 Å². The molecule has 8 heteroatoms. The Bertz CT molecular complexity index is 539. The van der Waals surface area contributed by atoms with Gasteiger partial charge in [-0.15, -0.1) is 0 Å². The average molecular weight is 345 g/mol. The number of nitrogens with two attached hydrogens (primary N) is 1. The van der Waals surface area contributed by atoms with Crippen LogP contribution >= 0.6 is 24.0 Å². The van der Waals surface area contributed by atoms with E-state index >= 15 is 0 Å². The number of amides is 1. The number of hydrogen-bond acceptors (Lipinski definition) is 3. The van der Waals surface area contributed by atoms with Crippen LogP contribution < -0.4 is 11.1 Å². The Morgan fingerprint density at radius 2 is 2.09 bits per heavy atom. The van der Waals surface area contributed by atoms with Crippen LogP contribution in [0.5, 0.6) is 0 Å². The summed E-state index contributed by atoms with van der Waals surface area (Å²) in [5.74, 6) is -2.92. The molecule has 120 valence electrons. The van der Waals surface area contributed by atoms with E-state index in [2.05, 4.69) is 5.32 Å². The molecule has 3 N–H and O–H groups in total. The van der Waals surface area contributed by atoms with E-state index in [9.17, 15) is 13.6 Å². The zero-order chi connectivity index (χ0) is 16.1. The summed E-state index contributed by atoms with van der Waals surface area (Å²) in [6.07, 6.45) is 1.65. The second-order valence-corrected chi connectivity index (χ2v) is 6.47. The molecule has 1 aromatic carbocycles. The Labute approximate surface area is 137 Å². The summed E-state index contributed by atoms with van der Waals surface area (Å²) in [5.41, 5.74) is 6.07. The van der Waals surface area contributed by atoms with Crippen LogP contribution in [0.2, 0.25) is 0 Å². The molecule has 1 aromatic rings. The van der Waals surface area contributed by atoms with Gasteiger partial charge in [-0.2, -0.15) is 8.78 Å². The molecule has 1 saturated heterocycles. The molecule has 0 aromatic heterocycles. The molecule has 1 heterocycles. The SMILES string of the molecule is NC(=O)[C@H]1CCCN(C(=S)Nc2ccc(SC(F)F)cc2)C1. The fourth-order valence-corrected chi connectivity index (χ4v) is 3.10. The minimum Gasteiger partial charge on any atom is -0.369 e. The van der Waals surface area contributed by atoms with Gasteiger partial charge in [0, 0.05) is 23.7 Å². The van der Waals surface area contributed by atoms with Crippen LogP contribution in [0, 0.1) is 5.92 Å². The molecule has 0 bridgehead atoms. The van der Waals surface area contributed by atoms with Gasteiger partial charge in [0.1, 0.15) is 0 Å². The molecule has 4 nitrogen and oxygen atoms in total. The topological polar surface area (TPSA) is 58.4 Å². The number of alkyl halides is 2. The van der Waals surface area contributed by atoms with E-state index in [1.54, 1.807) is 24.3 Å². The maximum absolute atomic E-state index is 12.3. The van der Waals surface area contributed by atoms with Crippen molar-refractivity contribution in [3.63, 3.8) is 0 Å². The number of halogens is 2. The predicted octanol–water partition coefficient (Wildman–Crippen LogP) is 2.90. The largest absolute Gasteiger partial charge is 0.369 e. The molecule has 0 radical (unpaired) electrons.